The molecule has 0 aromatic heterocycles. The van der Waals surface area contributed by atoms with E-state index in [0.717, 1.165) is 39.3 Å². The van der Waals surface area contributed by atoms with Gasteiger partial charge in [-0.25, -0.2) is 0 Å². The summed E-state index contributed by atoms with van der Waals surface area (Å²) in [6.45, 7) is 12.4. The summed E-state index contributed by atoms with van der Waals surface area (Å²) in [7, 11) is 0. The van der Waals surface area contributed by atoms with Crippen molar-refractivity contribution in [3.05, 3.63) is 0 Å². The summed E-state index contributed by atoms with van der Waals surface area (Å²) in [5.41, 5.74) is 0. The molecular weight excluding hydrogens is 188 g/mol. The Labute approximate surface area is 93.8 Å². The van der Waals surface area contributed by atoms with Crippen molar-refractivity contribution in [3.8, 4) is 0 Å². The van der Waals surface area contributed by atoms with Gasteiger partial charge in [0.2, 0.25) is 0 Å². The second-order valence-electron chi connectivity index (χ2n) is 4.09. The molecule has 3 N–H and O–H groups in total. The number of nitrogens with one attached hydrogen (secondary N) is 3. The van der Waals surface area contributed by atoms with Crippen LogP contribution in [0.3, 0.4) is 0 Å². The quantitative estimate of drug-likeness (QED) is 0.578. The standard InChI is InChI=1S/C11H26N4/c1-2-9-15-10-7-13-5-3-12-4-6-14-8-11-15/h12-14H,2-11H2,1H3. The molecule has 1 fully saturated rings. The van der Waals surface area contributed by atoms with Gasteiger partial charge in [0.05, 0.1) is 0 Å². The fourth-order valence-electron chi connectivity index (χ4n) is 1.85. The smallest absolute Gasteiger partial charge is 0.0107 e. The van der Waals surface area contributed by atoms with Gasteiger partial charge in [0, 0.05) is 52.4 Å². The highest BCUT2D eigenvalue weighted by Crippen LogP contribution is 1.89. The Bertz CT molecular complexity index is 129. The lowest BCUT2D eigenvalue weighted by molar-refractivity contribution is 0.271. The van der Waals surface area contributed by atoms with E-state index in [-0.39, 0.29) is 0 Å². The van der Waals surface area contributed by atoms with Gasteiger partial charge in [0.15, 0.2) is 0 Å². The van der Waals surface area contributed by atoms with Crippen LogP contribution in [0, 0.1) is 0 Å². The van der Waals surface area contributed by atoms with E-state index in [2.05, 4.69) is 27.8 Å². The average Bonchev–Trinajstić information content (AvgIpc) is 2.22. The lowest BCUT2D eigenvalue weighted by Crippen LogP contribution is -2.41. The Morgan fingerprint density at radius 2 is 1.27 bits per heavy atom. The summed E-state index contributed by atoms with van der Waals surface area (Å²) >= 11 is 0. The highest BCUT2D eigenvalue weighted by Gasteiger charge is 2.03. The summed E-state index contributed by atoms with van der Waals surface area (Å²) in [6.07, 6.45) is 1.25. The molecule has 4 nitrogen and oxygen atoms in total. The predicted octanol–water partition coefficient (Wildman–Crippen LogP) is -0.519. The number of nitrogens with zero attached hydrogens (tertiary/aromatic N) is 1. The van der Waals surface area contributed by atoms with E-state index in [4.69, 9.17) is 0 Å². The third-order valence-corrected chi connectivity index (χ3v) is 2.71. The third kappa shape index (κ3) is 6.84. The van der Waals surface area contributed by atoms with E-state index in [1.807, 2.05) is 0 Å². The molecule has 0 amide bonds. The molecule has 1 aliphatic rings. The molecule has 0 bridgehead atoms. The highest BCUT2D eigenvalue weighted by atomic mass is 15.2. The molecule has 0 unspecified atom stereocenters. The summed E-state index contributed by atoms with van der Waals surface area (Å²) in [5, 5.41) is 10.3. The van der Waals surface area contributed by atoms with E-state index in [1.54, 1.807) is 0 Å². The molecule has 15 heavy (non-hydrogen) atoms. The highest BCUT2D eigenvalue weighted by molar-refractivity contribution is 4.64. The minimum absolute atomic E-state index is 1.08. The predicted molar refractivity (Wildman–Crippen MR) is 65.3 cm³/mol. The van der Waals surface area contributed by atoms with Gasteiger partial charge in [0.25, 0.3) is 0 Å². The van der Waals surface area contributed by atoms with Crippen molar-refractivity contribution < 1.29 is 0 Å². The lowest BCUT2D eigenvalue weighted by Gasteiger charge is -2.22. The van der Waals surface area contributed by atoms with Crippen molar-refractivity contribution in [2.75, 3.05) is 58.9 Å². The molecule has 0 aromatic carbocycles. The second kappa shape index (κ2) is 9.09. The van der Waals surface area contributed by atoms with E-state index in [0.29, 0.717) is 0 Å². The minimum Gasteiger partial charge on any atom is -0.314 e. The summed E-state index contributed by atoms with van der Waals surface area (Å²) < 4.78 is 0. The molecular formula is C11H26N4. The Morgan fingerprint density at radius 1 is 0.800 bits per heavy atom. The Hall–Kier alpha value is -0.160. The summed E-state index contributed by atoms with van der Waals surface area (Å²) in [4.78, 5) is 2.54. The molecule has 4 heteroatoms. The number of hydrogen-bond acceptors (Lipinski definition) is 4. The van der Waals surface area contributed by atoms with E-state index in [9.17, 15) is 0 Å². The minimum atomic E-state index is 1.08. The first-order valence-corrected chi connectivity index (χ1v) is 6.28. The van der Waals surface area contributed by atoms with E-state index >= 15 is 0 Å². The summed E-state index contributed by atoms with van der Waals surface area (Å²) in [5.74, 6) is 0. The van der Waals surface area contributed by atoms with Crippen molar-refractivity contribution in [2.24, 2.45) is 0 Å². The maximum Gasteiger partial charge on any atom is 0.0107 e. The van der Waals surface area contributed by atoms with Crippen LogP contribution >= 0.6 is 0 Å². The van der Waals surface area contributed by atoms with Crippen LogP contribution < -0.4 is 16.0 Å². The fourth-order valence-corrected chi connectivity index (χ4v) is 1.85. The first-order chi connectivity index (χ1) is 7.43. The summed E-state index contributed by atoms with van der Waals surface area (Å²) in [6, 6.07) is 0. The molecule has 1 saturated heterocycles. The fraction of sp³-hybridized carbons (Fsp3) is 1.00. The largest absolute Gasteiger partial charge is 0.314 e. The zero-order valence-corrected chi connectivity index (χ0v) is 10.0. The normalized spacial score (nSPS) is 23.0. The second-order valence-corrected chi connectivity index (χ2v) is 4.09. The van der Waals surface area contributed by atoms with Gasteiger partial charge in [-0.2, -0.15) is 0 Å². The van der Waals surface area contributed by atoms with Gasteiger partial charge in [-0.3, -0.25) is 0 Å². The van der Waals surface area contributed by atoms with Crippen LogP contribution in [0.2, 0.25) is 0 Å². The van der Waals surface area contributed by atoms with Crippen LogP contribution in [0.25, 0.3) is 0 Å². The average molecular weight is 214 g/mol. The lowest BCUT2D eigenvalue weighted by atomic mass is 10.3. The molecule has 1 rings (SSSR count). The van der Waals surface area contributed by atoms with Gasteiger partial charge < -0.3 is 20.9 Å². The number of hydrogen-bond donors (Lipinski definition) is 3. The van der Waals surface area contributed by atoms with Gasteiger partial charge in [0.1, 0.15) is 0 Å². The molecule has 1 heterocycles. The molecule has 0 radical (unpaired) electrons. The van der Waals surface area contributed by atoms with Crippen LogP contribution in [0.15, 0.2) is 0 Å². The molecule has 1 aliphatic heterocycles. The van der Waals surface area contributed by atoms with Crippen molar-refractivity contribution in [2.45, 2.75) is 13.3 Å². The molecule has 0 aliphatic carbocycles. The first-order valence-electron chi connectivity index (χ1n) is 6.28. The Morgan fingerprint density at radius 3 is 1.73 bits per heavy atom. The first kappa shape index (κ1) is 12.9. The van der Waals surface area contributed by atoms with Crippen molar-refractivity contribution in [1.29, 1.82) is 0 Å². The third-order valence-electron chi connectivity index (χ3n) is 2.71. The molecule has 90 valence electrons. The van der Waals surface area contributed by atoms with Crippen molar-refractivity contribution in [1.82, 2.24) is 20.9 Å². The van der Waals surface area contributed by atoms with Gasteiger partial charge in [-0.15, -0.1) is 0 Å². The van der Waals surface area contributed by atoms with Gasteiger partial charge in [-0.05, 0) is 13.0 Å². The van der Waals surface area contributed by atoms with Gasteiger partial charge in [-0.1, -0.05) is 6.92 Å². The topological polar surface area (TPSA) is 39.3 Å². The SMILES string of the molecule is CCCN1CCNCCNCCNCC1. The Balaban J connectivity index is 2.19. The zero-order valence-electron chi connectivity index (χ0n) is 10.0. The Kier molecular flexibility index (Phi) is 7.83. The molecule has 0 spiro atoms. The van der Waals surface area contributed by atoms with Crippen molar-refractivity contribution in [3.63, 3.8) is 0 Å². The van der Waals surface area contributed by atoms with Crippen LogP contribution in [0.1, 0.15) is 13.3 Å². The van der Waals surface area contributed by atoms with Crippen LogP contribution in [-0.2, 0) is 0 Å². The van der Waals surface area contributed by atoms with Crippen LogP contribution in [0.5, 0.6) is 0 Å². The van der Waals surface area contributed by atoms with E-state index in [1.165, 1.54) is 26.1 Å². The molecule has 0 atom stereocenters. The number of rotatable bonds is 2. The van der Waals surface area contributed by atoms with Crippen molar-refractivity contribution >= 4 is 0 Å². The maximum atomic E-state index is 3.47. The molecule has 0 aromatic rings. The molecule has 0 saturated carbocycles. The monoisotopic (exact) mass is 214 g/mol. The van der Waals surface area contributed by atoms with E-state index < -0.39 is 0 Å². The van der Waals surface area contributed by atoms with Crippen LogP contribution in [0.4, 0.5) is 0 Å². The maximum absolute atomic E-state index is 3.47. The van der Waals surface area contributed by atoms with Gasteiger partial charge >= 0.3 is 0 Å². The zero-order chi connectivity index (χ0) is 10.8. The van der Waals surface area contributed by atoms with Crippen LogP contribution in [-0.4, -0.2) is 63.8 Å².